The Labute approximate surface area is 78.9 Å². The van der Waals surface area contributed by atoms with Crippen molar-refractivity contribution in [3.63, 3.8) is 0 Å². The summed E-state index contributed by atoms with van der Waals surface area (Å²) in [5.74, 6) is 0.696. The zero-order valence-corrected chi connectivity index (χ0v) is 7.91. The average Bonchev–Trinajstić information content (AvgIpc) is 2.02. The number of β-amino-alcohol motifs (C(OH)–C–C–N with tert-alkyl or cyclic N) is 1. The highest BCUT2D eigenvalue weighted by Gasteiger charge is 2.31. The fourth-order valence-corrected chi connectivity index (χ4v) is 1.94. The molecule has 0 aromatic carbocycles. The zero-order chi connectivity index (χ0) is 9.10. The van der Waals surface area contributed by atoms with Gasteiger partial charge in [-0.2, -0.15) is 0 Å². The van der Waals surface area contributed by atoms with Crippen molar-refractivity contribution in [2.75, 3.05) is 45.9 Å². The number of rotatable bonds is 3. The largest absolute Gasteiger partial charge is 0.395 e. The Bertz CT molecular complexity index is 160. The van der Waals surface area contributed by atoms with Crippen molar-refractivity contribution in [3.8, 4) is 0 Å². The third-order valence-electron chi connectivity index (χ3n) is 2.93. The third kappa shape index (κ3) is 2.20. The second kappa shape index (κ2) is 4.37. The fourth-order valence-electron chi connectivity index (χ4n) is 1.94. The smallest absolute Gasteiger partial charge is 0.0755 e. The molecule has 2 aliphatic heterocycles. The number of nitrogens with zero attached hydrogens (tertiary/aromatic N) is 1. The Hall–Kier alpha value is -0.160. The van der Waals surface area contributed by atoms with Crippen molar-refractivity contribution in [2.45, 2.75) is 6.10 Å². The quantitative estimate of drug-likeness (QED) is 0.587. The molecule has 4 heteroatoms. The molecule has 2 rings (SSSR count). The molecule has 0 saturated carbocycles. The number of nitrogens with one attached hydrogen (secondary N) is 1. The topological polar surface area (TPSA) is 44.7 Å². The van der Waals surface area contributed by atoms with Crippen molar-refractivity contribution in [1.82, 2.24) is 10.2 Å². The van der Waals surface area contributed by atoms with Gasteiger partial charge < -0.3 is 15.2 Å². The second-order valence-electron chi connectivity index (χ2n) is 3.85. The molecule has 1 atom stereocenters. The Balaban J connectivity index is 1.77. The van der Waals surface area contributed by atoms with E-state index in [0.29, 0.717) is 12.0 Å². The molecule has 1 unspecified atom stereocenters. The minimum Gasteiger partial charge on any atom is -0.395 e. The van der Waals surface area contributed by atoms with Gasteiger partial charge in [0.1, 0.15) is 0 Å². The van der Waals surface area contributed by atoms with E-state index in [2.05, 4.69) is 10.2 Å². The lowest BCUT2D eigenvalue weighted by Gasteiger charge is -2.40. The lowest BCUT2D eigenvalue weighted by Crippen LogP contribution is -2.55. The monoisotopic (exact) mass is 186 g/mol. The van der Waals surface area contributed by atoms with Crippen LogP contribution in [0.25, 0.3) is 0 Å². The lowest BCUT2D eigenvalue weighted by molar-refractivity contribution is -0.0703. The van der Waals surface area contributed by atoms with Crippen LogP contribution in [0.3, 0.4) is 0 Å². The summed E-state index contributed by atoms with van der Waals surface area (Å²) >= 11 is 0. The number of aliphatic hydroxyl groups is 1. The van der Waals surface area contributed by atoms with E-state index in [1.54, 1.807) is 0 Å². The highest BCUT2D eigenvalue weighted by molar-refractivity contribution is 4.86. The molecule has 0 spiro atoms. The molecule has 2 fully saturated rings. The number of hydrogen-bond donors (Lipinski definition) is 2. The van der Waals surface area contributed by atoms with E-state index in [9.17, 15) is 0 Å². The standard InChI is InChI=1S/C9H18N2O2/c12-3-1-11-2-4-13-9(7-11)8-5-10-6-8/h8-10,12H,1-7H2. The van der Waals surface area contributed by atoms with Gasteiger partial charge in [0.25, 0.3) is 0 Å². The van der Waals surface area contributed by atoms with E-state index in [1.165, 1.54) is 0 Å². The van der Waals surface area contributed by atoms with Crippen LogP contribution in [0.4, 0.5) is 0 Å². The van der Waals surface area contributed by atoms with Gasteiger partial charge in [-0.25, -0.2) is 0 Å². The Morgan fingerprint density at radius 1 is 1.46 bits per heavy atom. The van der Waals surface area contributed by atoms with Gasteiger partial charge in [0.15, 0.2) is 0 Å². The first-order valence-electron chi connectivity index (χ1n) is 5.05. The van der Waals surface area contributed by atoms with E-state index < -0.39 is 0 Å². The molecule has 2 heterocycles. The van der Waals surface area contributed by atoms with Crippen LogP contribution in [0.2, 0.25) is 0 Å². The predicted molar refractivity (Wildman–Crippen MR) is 49.6 cm³/mol. The molecule has 2 saturated heterocycles. The van der Waals surface area contributed by atoms with E-state index >= 15 is 0 Å². The normalized spacial score (nSPS) is 31.6. The van der Waals surface area contributed by atoms with E-state index in [0.717, 1.165) is 39.3 Å². The summed E-state index contributed by atoms with van der Waals surface area (Å²) in [4.78, 5) is 2.28. The molecule has 0 aliphatic carbocycles. The summed E-state index contributed by atoms with van der Waals surface area (Å²) in [7, 11) is 0. The highest BCUT2D eigenvalue weighted by atomic mass is 16.5. The number of hydrogen-bond acceptors (Lipinski definition) is 4. The van der Waals surface area contributed by atoms with Crippen LogP contribution in [-0.2, 0) is 4.74 Å². The van der Waals surface area contributed by atoms with Gasteiger partial charge in [0.05, 0.1) is 19.3 Å². The molecule has 2 N–H and O–H groups in total. The second-order valence-corrected chi connectivity index (χ2v) is 3.85. The minimum atomic E-state index is 0.260. The maximum atomic E-state index is 8.82. The summed E-state index contributed by atoms with van der Waals surface area (Å²) in [6, 6.07) is 0. The van der Waals surface area contributed by atoms with E-state index in [-0.39, 0.29) is 6.61 Å². The molecule has 13 heavy (non-hydrogen) atoms. The van der Waals surface area contributed by atoms with Crippen molar-refractivity contribution in [2.24, 2.45) is 5.92 Å². The van der Waals surface area contributed by atoms with E-state index in [1.807, 2.05) is 0 Å². The van der Waals surface area contributed by atoms with Crippen molar-refractivity contribution < 1.29 is 9.84 Å². The van der Waals surface area contributed by atoms with Crippen LogP contribution < -0.4 is 5.32 Å². The molecule has 0 aromatic rings. The highest BCUT2D eigenvalue weighted by Crippen LogP contribution is 2.17. The average molecular weight is 186 g/mol. The number of morpholine rings is 1. The molecule has 0 aromatic heterocycles. The molecular weight excluding hydrogens is 168 g/mol. The first-order valence-corrected chi connectivity index (χ1v) is 5.05. The summed E-state index contributed by atoms with van der Waals surface area (Å²) in [6.45, 7) is 6.02. The van der Waals surface area contributed by atoms with Gasteiger partial charge in [-0.05, 0) is 0 Å². The van der Waals surface area contributed by atoms with Gasteiger partial charge in [-0.15, -0.1) is 0 Å². The van der Waals surface area contributed by atoms with Crippen molar-refractivity contribution >= 4 is 0 Å². The van der Waals surface area contributed by atoms with Crippen LogP contribution in [0.15, 0.2) is 0 Å². The van der Waals surface area contributed by atoms with Crippen LogP contribution in [-0.4, -0.2) is 62.0 Å². The van der Waals surface area contributed by atoms with Gasteiger partial charge in [0.2, 0.25) is 0 Å². The predicted octanol–water partition coefficient (Wildman–Crippen LogP) is -1.10. The summed E-state index contributed by atoms with van der Waals surface area (Å²) in [5, 5.41) is 12.1. The van der Waals surface area contributed by atoms with Gasteiger partial charge in [-0.3, -0.25) is 4.90 Å². The molecule has 4 nitrogen and oxygen atoms in total. The minimum absolute atomic E-state index is 0.260. The Morgan fingerprint density at radius 3 is 2.92 bits per heavy atom. The van der Waals surface area contributed by atoms with E-state index in [4.69, 9.17) is 9.84 Å². The first kappa shape index (κ1) is 9.40. The maximum Gasteiger partial charge on any atom is 0.0755 e. The van der Waals surface area contributed by atoms with Crippen LogP contribution >= 0.6 is 0 Å². The number of ether oxygens (including phenoxy) is 1. The summed E-state index contributed by atoms with van der Waals surface area (Å²) in [5.41, 5.74) is 0. The van der Waals surface area contributed by atoms with Gasteiger partial charge in [0, 0.05) is 38.6 Å². The molecule has 2 aliphatic rings. The zero-order valence-electron chi connectivity index (χ0n) is 7.91. The molecular formula is C9H18N2O2. The van der Waals surface area contributed by atoms with Gasteiger partial charge in [-0.1, -0.05) is 0 Å². The summed E-state index contributed by atoms with van der Waals surface area (Å²) in [6.07, 6.45) is 0.390. The van der Waals surface area contributed by atoms with Crippen LogP contribution in [0, 0.1) is 5.92 Å². The summed E-state index contributed by atoms with van der Waals surface area (Å²) < 4.78 is 5.70. The Kier molecular flexibility index (Phi) is 3.16. The molecule has 0 bridgehead atoms. The van der Waals surface area contributed by atoms with Crippen molar-refractivity contribution in [1.29, 1.82) is 0 Å². The Morgan fingerprint density at radius 2 is 2.31 bits per heavy atom. The molecule has 76 valence electrons. The van der Waals surface area contributed by atoms with Gasteiger partial charge >= 0.3 is 0 Å². The maximum absolute atomic E-state index is 8.82. The SMILES string of the molecule is OCCN1CCOC(C2CNC2)C1. The molecule has 0 radical (unpaired) electrons. The van der Waals surface area contributed by atoms with Crippen LogP contribution in [0.5, 0.6) is 0 Å². The molecule has 0 amide bonds. The van der Waals surface area contributed by atoms with Crippen LogP contribution in [0.1, 0.15) is 0 Å². The van der Waals surface area contributed by atoms with Crippen molar-refractivity contribution in [3.05, 3.63) is 0 Å². The first-order chi connectivity index (χ1) is 6.40. The fraction of sp³-hybridized carbons (Fsp3) is 1.00. The lowest BCUT2D eigenvalue weighted by atomic mass is 9.95. The number of aliphatic hydroxyl groups excluding tert-OH is 1. The third-order valence-corrected chi connectivity index (χ3v) is 2.93.